The molecule has 104 valence electrons. The molecule has 0 aliphatic heterocycles. The molecule has 0 aromatic heterocycles. The highest BCUT2D eigenvalue weighted by molar-refractivity contribution is 8.00. The minimum atomic E-state index is 0.274. The molecule has 1 fully saturated rings. The monoisotopic (exact) mass is 294 g/mol. The lowest BCUT2D eigenvalue weighted by atomic mass is 9.91. The van der Waals surface area contributed by atoms with Crippen LogP contribution in [-0.4, -0.2) is 23.0 Å². The van der Waals surface area contributed by atoms with Gasteiger partial charge in [-0.05, 0) is 37.1 Å². The van der Waals surface area contributed by atoms with Crippen LogP contribution in [0.2, 0.25) is 0 Å². The van der Waals surface area contributed by atoms with E-state index in [-0.39, 0.29) is 5.78 Å². The number of hydrogen-bond donors (Lipinski definition) is 0. The average molecular weight is 294 g/mol. The standard InChI is InChI=1S/C16H22OS2/c1-12-4-3-5-15(10-12)19-11-16(17)13-6-8-14(18-2)9-7-13/h6-9,12,15H,3-5,10-11H2,1-2H3. The molecule has 0 N–H and O–H groups in total. The summed E-state index contributed by atoms with van der Waals surface area (Å²) in [7, 11) is 0. The first kappa shape index (κ1) is 15.0. The van der Waals surface area contributed by atoms with Crippen molar-refractivity contribution in [3.63, 3.8) is 0 Å². The van der Waals surface area contributed by atoms with Gasteiger partial charge in [0.15, 0.2) is 5.78 Å². The molecule has 2 atom stereocenters. The van der Waals surface area contributed by atoms with Gasteiger partial charge in [-0.1, -0.05) is 31.9 Å². The highest BCUT2D eigenvalue weighted by atomic mass is 32.2. The average Bonchev–Trinajstić information content (AvgIpc) is 2.45. The molecular formula is C16H22OS2. The highest BCUT2D eigenvalue weighted by Crippen LogP contribution is 2.32. The molecule has 1 aliphatic carbocycles. The lowest BCUT2D eigenvalue weighted by Gasteiger charge is -2.25. The number of thioether (sulfide) groups is 2. The van der Waals surface area contributed by atoms with Crippen molar-refractivity contribution in [1.29, 1.82) is 0 Å². The van der Waals surface area contributed by atoms with Gasteiger partial charge in [-0.15, -0.1) is 11.8 Å². The summed E-state index contributed by atoms with van der Waals surface area (Å²) in [6.07, 6.45) is 7.31. The van der Waals surface area contributed by atoms with Crippen LogP contribution in [0, 0.1) is 5.92 Å². The fraction of sp³-hybridized carbons (Fsp3) is 0.562. The van der Waals surface area contributed by atoms with Gasteiger partial charge in [0.05, 0.1) is 5.75 Å². The molecular weight excluding hydrogens is 272 g/mol. The SMILES string of the molecule is CSc1ccc(C(=O)CSC2CCCC(C)C2)cc1. The maximum atomic E-state index is 12.1. The second-order valence-corrected chi connectivity index (χ2v) is 7.52. The van der Waals surface area contributed by atoms with Crippen LogP contribution in [-0.2, 0) is 0 Å². The van der Waals surface area contributed by atoms with E-state index in [1.54, 1.807) is 11.8 Å². The van der Waals surface area contributed by atoms with Crippen molar-refractivity contribution in [2.24, 2.45) is 5.92 Å². The normalized spacial score (nSPS) is 23.3. The Labute approximate surface area is 124 Å². The van der Waals surface area contributed by atoms with Gasteiger partial charge in [-0.25, -0.2) is 0 Å². The maximum Gasteiger partial charge on any atom is 0.172 e. The molecule has 1 aromatic carbocycles. The van der Waals surface area contributed by atoms with Gasteiger partial charge in [0, 0.05) is 15.7 Å². The number of carbonyl (C=O) groups excluding carboxylic acids is 1. The Morgan fingerprint density at radius 3 is 2.63 bits per heavy atom. The van der Waals surface area contributed by atoms with Crippen LogP contribution in [0.3, 0.4) is 0 Å². The Morgan fingerprint density at radius 2 is 2.00 bits per heavy atom. The molecule has 1 aromatic rings. The molecule has 0 bridgehead atoms. The molecule has 2 rings (SSSR count). The zero-order valence-electron chi connectivity index (χ0n) is 11.7. The molecule has 1 saturated carbocycles. The molecule has 1 nitrogen and oxygen atoms in total. The zero-order chi connectivity index (χ0) is 13.7. The Bertz CT molecular complexity index is 413. The van der Waals surface area contributed by atoms with Crippen LogP contribution in [0.5, 0.6) is 0 Å². The second kappa shape index (κ2) is 7.39. The van der Waals surface area contributed by atoms with E-state index in [9.17, 15) is 4.79 Å². The number of benzene rings is 1. The molecule has 0 radical (unpaired) electrons. The zero-order valence-corrected chi connectivity index (χ0v) is 13.4. The number of ketones is 1. The molecule has 0 spiro atoms. The van der Waals surface area contributed by atoms with Crippen molar-refractivity contribution in [1.82, 2.24) is 0 Å². The van der Waals surface area contributed by atoms with Gasteiger partial charge >= 0.3 is 0 Å². The first-order chi connectivity index (χ1) is 9.19. The van der Waals surface area contributed by atoms with E-state index in [4.69, 9.17) is 0 Å². The lowest BCUT2D eigenvalue weighted by molar-refractivity contribution is 0.102. The fourth-order valence-corrected chi connectivity index (χ4v) is 4.34. The Morgan fingerprint density at radius 1 is 1.26 bits per heavy atom. The van der Waals surface area contributed by atoms with E-state index < -0.39 is 0 Å². The summed E-state index contributed by atoms with van der Waals surface area (Å²) < 4.78 is 0. The number of Topliss-reactive ketones (excluding diaryl/α,β-unsaturated/α-hetero) is 1. The first-order valence-corrected chi connectivity index (χ1v) is 9.25. The van der Waals surface area contributed by atoms with Gasteiger partial charge in [0.2, 0.25) is 0 Å². The van der Waals surface area contributed by atoms with Crippen LogP contribution in [0.25, 0.3) is 0 Å². The number of hydrogen-bond acceptors (Lipinski definition) is 3. The van der Waals surface area contributed by atoms with Crippen molar-refractivity contribution >= 4 is 29.3 Å². The molecule has 3 heteroatoms. The smallest absolute Gasteiger partial charge is 0.172 e. The first-order valence-electron chi connectivity index (χ1n) is 6.98. The number of carbonyl (C=O) groups is 1. The Balaban J connectivity index is 1.83. The Kier molecular flexibility index (Phi) is 5.83. The van der Waals surface area contributed by atoms with Crippen molar-refractivity contribution < 1.29 is 4.79 Å². The summed E-state index contributed by atoms with van der Waals surface area (Å²) in [5.41, 5.74) is 0.856. The summed E-state index contributed by atoms with van der Waals surface area (Å²) in [6, 6.07) is 7.98. The quantitative estimate of drug-likeness (QED) is 0.568. The lowest BCUT2D eigenvalue weighted by Crippen LogP contribution is -2.17. The summed E-state index contributed by atoms with van der Waals surface area (Å²) in [5, 5.41) is 0.693. The molecule has 1 aliphatic rings. The van der Waals surface area contributed by atoms with Crippen LogP contribution in [0.1, 0.15) is 43.0 Å². The summed E-state index contributed by atoms with van der Waals surface area (Å²) in [4.78, 5) is 13.4. The van der Waals surface area contributed by atoms with E-state index in [1.807, 2.05) is 36.0 Å². The fourth-order valence-electron chi connectivity index (χ4n) is 2.58. The highest BCUT2D eigenvalue weighted by Gasteiger charge is 2.20. The summed E-state index contributed by atoms with van der Waals surface area (Å²) >= 11 is 3.57. The molecule has 0 saturated heterocycles. The van der Waals surface area contributed by atoms with Crippen LogP contribution in [0.15, 0.2) is 29.2 Å². The van der Waals surface area contributed by atoms with Crippen molar-refractivity contribution in [2.75, 3.05) is 12.0 Å². The molecule has 2 unspecified atom stereocenters. The van der Waals surface area contributed by atoms with E-state index in [0.717, 1.165) is 11.5 Å². The van der Waals surface area contributed by atoms with E-state index in [2.05, 4.69) is 13.2 Å². The molecule has 0 amide bonds. The van der Waals surface area contributed by atoms with Crippen LogP contribution in [0.4, 0.5) is 0 Å². The second-order valence-electron chi connectivity index (χ2n) is 5.36. The van der Waals surface area contributed by atoms with Gasteiger partial charge in [0.1, 0.15) is 0 Å². The van der Waals surface area contributed by atoms with Crippen molar-refractivity contribution in [3.05, 3.63) is 29.8 Å². The van der Waals surface area contributed by atoms with Gasteiger partial charge in [0.25, 0.3) is 0 Å². The third kappa shape index (κ3) is 4.57. The predicted molar refractivity (Wildman–Crippen MR) is 86.4 cm³/mol. The van der Waals surface area contributed by atoms with Crippen molar-refractivity contribution in [2.45, 2.75) is 42.8 Å². The number of rotatable bonds is 5. The van der Waals surface area contributed by atoms with Gasteiger partial charge < -0.3 is 0 Å². The van der Waals surface area contributed by atoms with Crippen LogP contribution < -0.4 is 0 Å². The summed E-state index contributed by atoms with van der Waals surface area (Å²) in [6.45, 7) is 2.33. The van der Waals surface area contributed by atoms with Crippen LogP contribution >= 0.6 is 23.5 Å². The van der Waals surface area contributed by atoms with Gasteiger partial charge in [-0.3, -0.25) is 4.79 Å². The topological polar surface area (TPSA) is 17.1 Å². The minimum absolute atomic E-state index is 0.274. The molecule has 0 heterocycles. The third-order valence-corrected chi connectivity index (χ3v) is 5.82. The third-order valence-electron chi connectivity index (χ3n) is 3.75. The van der Waals surface area contributed by atoms with E-state index >= 15 is 0 Å². The summed E-state index contributed by atoms with van der Waals surface area (Å²) in [5.74, 6) is 1.74. The minimum Gasteiger partial charge on any atom is -0.293 e. The Hall–Kier alpha value is -0.410. The van der Waals surface area contributed by atoms with E-state index in [0.29, 0.717) is 11.0 Å². The molecule has 19 heavy (non-hydrogen) atoms. The van der Waals surface area contributed by atoms with Gasteiger partial charge in [-0.2, -0.15) is 11.8 Å². The predicted octanol–water partition coefficient (Wildman–Crippen LogP) is 4.90. The maximum absolute atomic E-state index is 12.1. The largest absolute Gasteiger partial charge is 0.293 e. The van der Waals surface area contributed by atoms with E-state index in [1.165, 1.54) is 30.6 Å². The van der Waals surface area contributed by atoms with Crippen molar-refractivity contribution in [3.8, 4) is 0 Å².